The molecule has 0 saturated carbocycles. The van der Waals surface area contributed by atoms with Gasteiger partial charge < -0.3 is 10.6 Å². The van der Waals surface area contributed by atoms with Crippen molar-refractivity contribution in [3.8, 4) is 0 Å². The predicted molar refractivity (Wildman–Crippen MR) is 112 cm³/mol. The van der Waals surface area contributed by atoms with Crippen LogP contribution in [0.25, 0.3) is 0 Å². The van der Waals surface area contributed by atoms with E-state index in [2.05, 4.69) is 10.6 Å². The number of rotatable bonds is 5. The number of carbonyl (C=O) groups excluding carboxylic acids is 2. The van der Waals surface area contributed by atoms with Gasteiger partial charge in [-0.2, -0.15) is 0 Å². The first-order valence-corrected chi connectivity index (χ1v) is 10.7. The van der Waals surface area contributed by atoms with Gasteiger partial charge in [-0.15, -0.1) is 23.5 Å². The SMILES string of the molecule is CC(C)C(=O)Nc1cccc(NC(=O)c2ccc(C3SCCS3)cc2)c1. The number of nitrogens with one attached hydrogen (secondary N) is 2. The first-order valence-electron chi connectivity index (χ1n) is 8.58. The van der Waals surface area contributed by atoms with Crippen molar-refractivity contribution in [1.82, 2.24) is 0 Å². The molecule has 1 heterocycles. The molecule has 136 valence electrons. The van der Waals surface area contributed by atoms with Gasteiger partial charge in [-0.05, 0) is 35.9 Å². The number of carbonyl (C=O) groups is 2. The Labute approximate surface area is 162 Å². The van der Waals surface area contributed by atoms with Gasteiger partial charge in [0.15, 0.2) is 0 Å². The second-order valence-electron chi connectivity index (χ2n) is 6.37. The summed E-state index contributed by atoms with van der Waals surface area (Å²) in [6.07, 6.45) is 0. The zero-order chi connectivity index (χ0) is 18.5. The maximum Gasteiger partial charge on any atom is 0.255 e. The maximum absolute atomic E-state index is 12.5. The van der Waals surface area contributed by atoms with Crippen LogP contribution in [0, 0.1) is 5.92 Å². The summed E-state index contributed by atoms with van der Waals surface area (Å²) < 4.78 is 0.480. The molecule has 1 saturated heterocycles. The molecule has 6 heteroatoms. The lowest BCUT2D eigenvalue weighted by Gasteiger charge is -2.11. The first-order chi connectivity index (χ1) is 12.5. The standard InChI is InChI=1S/C20H22N2O2S2/c1-13(2)18(23)21-16-4-3-5-17(12-16)22-19(24)14-6-8-15(9-7-14)20-25-10-11-26-20/h3-9,12-13,20H,10-11H2,1-2H3,(H,21,23)(H,22,24). The minimum Gasteiger partial charge on any atom is -0.326 e. The fraction of sp³-hybridized carbons (Fsp3) is 0.300. The van der Waals surface area contributed by atoms with E-state index < -0.39 is 0 Å². The molecule has 0 unspecified atom stereocenters. The fourth-order valence-corrected chi connectivity index (χ4v) is 5.37. The summed E-state index contributed by atoms with van der Waals surface area (Å²) in [5.74, 6) is 2.06. The molecule has 3 rings (SSSR count). The molecule has 0 radical (unpaired) electrons. The molecular formula is C20H22N2O2S2. The van der Waals surface area contributed by atoms with E-state index in [1.54, 1.807) is 6.07 Å². The Morgan fingerprint density at radius 3 is 2.19 bits per heavy atom. The Kier molecular flexibility index (Phi) is 6.27. The zero-order valence-corrected chi connectivity index (χ0v) is 16.5. The fourth-order valence-electron chi connectivity index (χ4n) is 2.51. The summed E-state index contributed by atoms with van der Waals surface area (Å²) in [6.45, 7) is 3.68. The van der Waals surface area contributed by atoms with Gasteiger partial charge in [-0.25, -0.2) is 0 Å². The molecule has 2 aromatic carbocycles. The monoisotopic (exact) mass is 386 g/mol. The Bertz CT molecular complexity index is 785. The molecule has 4 nitrogen and oxygen atoms in total. The van der Waals surface area contributed by atoms with Crippen molar-refractivity contribution in [3.63, 3.8) is 0 Å². The number of anilines is 2. The van der Waals surface area contributed by atoms with E-state index in [0.717, 1.165) is 0 Å². The Balaban J connectivity index is 1.65. The van der Waals surface area contributed by atoms with Crippen LogP contribution in [0.1, 0.15) is 34.4 Å². The Hall–Kier alpha value is -1.92. The van der Waals surface area contributed by atoms with Gasteiger partial charge in [0.25, 0.3) is 5.91 Å². The van der Waals surface area contributed by atoms with Crippen molar-refractivity contribution in [3.05, 3.63) is 59.7 Å². The molecular weight excluding hydrogens is 364 g/mol. The van der Waals surface area contributed by atoms with Crippen LogP contribution in [-0.2, 0) is 4.79 Å². The van der Waals surface area contributed by atoms with Gasteiger partial charge >= 0.3 is 0 Å². The largest absolute Gasteiger partial charge is 0.326 e. The van der Waals surface area contributed by atoms with Crippen molar-refractivity contribution >= 4 is 46.7 Å². The third-order valence-electron chi connectivity index (χ3n) is 3.98. The lowest BCUT2D eigenvalue weighted by atomic mass is 10.1. The average molecular weight is 387 g/mol. The van der Waals surface area contributed by atoms with E-state index in [4.69, 9.17) is 0 Å². The summed E-state index contributed by atoms with van der Waals surface area (Å²) >= 11 is 3.90. The first kappa shape index (κ1) is 18.9. The normalized spacial score (nSPS) is 14.4. The lowest BCUT2D eigenvalue weighted by Crippen LogP contribution is -2.18. The summed E-state index contributed by atoms with van der Waals surface area (Å²) in [5.41, 5.74) is 3.21. The Morgan fingerprint density at radius 1 is 0.962 bits per heavy atom. The molecule has 1 aliphatic heterocycles. The number of hydrogen-bond donors (Lipinski definition) is 2. The summed E-state index contributed by atoms with van der Waals surface area (Å²) in [4.78, 5) is 24.3. The van der Waals surface area contributed by atoms with E-state index in [-0.39, 0.29) is 17.7 Å². The van der Waals surface area contributed by atoms with Crippen LogP contribution in [0.3, 0.4) is 0 Å². The second kappa shape index (κ2) is 8.64. The molecule has 0 spiro atoms. The quantitative estimate of drug-likeness (QED) is 0.758. The van der Waals surface area contributed by atoms with Crippen molar-refractivity contribution in [2.24, 2.45) is 5.92 Å². The molecule has 1 aliphatic rings. The van der Waals surface area contributed by atoms with Gasteiger partial charge in [0.1, 0.15) is 0 Å². The lowest BCUT2D eigenvalue weighted by molar-refractivity contribution is -0.118. The van der Waals surface area contributed by atoms with Gasteiger partial charge in [0.05, 0.1) is 4.58 Å². The van der Waals surface area contributed by atoms with Crippen LogP contribution in [0.4, 0.5) is 11.4 Å². The minimum atomic E-state index is -0.157. The molecule has 2 amide bonds. The molecule has 26 heavy (non-hydrogen) atoms. The van der Waals surface area contributed by atoms with Gasteiger partial charge in [-0.3, -0.25) is 9.59 Å². The zero-order valence-electron chi connectivity index (χ0n) is 14.8. The molecule has 0 bridgehead atoms. The van der Waals surface area contributed by atoms with Gasteiger partial charge in [0.2, 0.25) is 5.91 Å². The molecule has 2 aromatic rings. The van der Waals surface area contributed by atoms with Crippen LogP contribution in [-0.4, -0.2) is 23.3 Å². The summed E-state index contributed by atoms with van der Waals surface area (Å²) in [6, 6.07) is 15.0. The highest BCUT2D eigenvalue weighted by atomic mass is 32.2. The van der Waals surface area contributed by atoms with E-state index in [1.165, 1.54) is 17.1 Å². The minimum absolute atomic E-state index is 0.0493. The second-order valence-corrected chi connectivity index (χ2v) is 9.10. The summed E-state index contributed by atoms with van der Waals surface area (Å²) in [7, 11) is 0. The van der Waals surface area contributed by atoms with E-state index >= 15 is 0 Å². The molecule has 0 atom stereocenters. The van der Waals surface area contributed by atoms with Crippen LogP contribution in [0.5, 0.6) is 0 Å². The Morgan fingerprint density at radius 2 is 1.58 bits per heavy atom. The van der Waals surface area contributed by atoms with Crippen LogP contribution >= 0.6 is 23.5 Å². The van der Waals surface area contributed by atoms with Crippen LogP contribution < -0.4 is 10.6 Å². The van der Waals surface area contributed by atoms with Crippen LogP contribution in [0.2, 0.25) is 0 Å². The molecule has 2 N–H and O–H groups in total. The highest BCUT2D eigenvalue weighted by Crippen LogP contribution is 2.45. The highest BCUT2D eigenvalue weighted by molar-refractivity contribution is 8.19. The third kappa shape index (κ3) is 4.83. The van der Waals surface area contributed by atoms with E-state index in [9.17, 15) is 9.59 Å². The predicted octanol–water partition coefficient (Wildman–Crippen LogP) is 5.01. The topological polar surface area (TPSA) is 58.2 Å². The van der Waals surface area contributed by atoms with Gasteiger partial charge in [0, 0.05) is 34.4 Å². The number of benzene rings is 2. The van der Waals surface area contributed by atoms with E-state index in [0.29, 0.717) is 21.5 Å². The van der Waals surface area contributed by atoms with Crippen molar-refractivity contribution in [2.75, 3.05) is 22.1 Å². The third-order valence-corrected chi connectivity index (χ3v) is 7.08. The van der Waals surface area contributed by atoms with Crippen molar-refractivity contribution < 1.29 is 9.59 Å². The highest BCUT2D eigenvalue weighted by Gasteiger charge is 2.18. The van der Waals surface area contributed by atoms with Crippen molar-refractivity contribution in [1.29, 1.82) is 0 Å². The number of hydrogen-bond acceptors (Lipinski definition) is 4. The average Bonchev–Trinajstić information content (AvgIpc) is 3.16. The smallest absolute Gasteiger partial charge is 0.255 e. The van der Waals surface area contributed by atoms with Crippen LogP contribution in [0.15, 0.2) is 48.5 Å². The molecule has 1 fully saturated rings. The van der Waals surface area contributed by atoms with E-state index in [1.807, 2.05) is 79.8 Å². The molecule has 0 aromatic heterocycles. The number of amides is 2. The summed E-state index contributed by atoms with van der Waals surface area (Å²) in [5, 5.41) is 5.73. The van der Waals surface area contributed by atoms with Crippen molar-refractivity contribution in [2.45, 2.75) is 18.4 Å². The number of thioether (sulfide) groups is 2. The molecule has 0 aliphatic carbocycles. The maximum atomic E-state index is 12.5. The van der Waals surface area contributed by atoms with Gasteiger partial charge in [-0.1, -0.05) is 32.0 Å².